The minimum absolute atomic E-state index is 0.0439. The molecule has 1 N–H and O–H groups in total. The third kappa shape index (κ3) is 3.38. The largest absolute Gasteiger partial charge is 0.387 e. The Morgan fingerprint density at radius 2 is 2.26 bits per heavy atom. The van der Waals surface area contributed by atoms with Crippen LogP contribution in [0.5, 0.6) is 0 Å². The quantitative estimate of drug-likeness (QED) is 0.902. The predicted molar refractivity (Wildman–Crippen MR) is 76.6 cm³/mol. The molecule has 5 nitrogen and oxygen atoms in total. The van der Waals surface area contributed by atoms with Crippen molar-refractivity contribution in [3.8, 4) is 0 Å². The first-order valence-electron chi connectivity index (χ1n) is 6.41. The summed E-state index contributed by atoms with van der Waals surface area (Å²) in [5.41, 5.74) is 0.735. The third-order valence-corrected chi connectivity index (χ3v) is 5.92. The first-order valence-corrected chi connectivity index (χ1v) is 9.03. The molecule has 0 radical (unpaired) electrons. The summed E-state index contributed by atoms with van der Waals surface area (Å²) >= 11 is 3.40. The number of rotatable bonds is 4. The lowest BCUT2D eigenvalue weighted by atomic mass is 9.99. The van der Waals surface area contributed by atoms with E-state index in [-0.39, 0.29) is 23.5 Å². The minimum atomic E-state index is -2.89. The molecule has 2 heterocycles. The summed E-state index contributed by atoms with van der Waals surface area (Å²) in [6.07, 6.45) is 2.10. The summed E-state index contributed by atoms with van der Waals surface area (Å²) in [6.45, 7) is 3.99. The second-order valence-electron chi connectivity index (χ2n) is 5.44. The zero-order valence-electron chi connectivity index (χ0n) is 11.1. The Bertz CT molecular complexity index is 553. The normalized spacial score (nSPS) is 23.9. The summed E-state index contributed by atoms with van der Waals surface area (Å²) in [7, 11) is -2.89. The highest BCUT2D eigenvalue weighted by Crippen LogP contribution is 2.33. The third-order valence-electron chi connectivity index (χ3n) is 3.48. The van der Waals surface area contributed by atoms with Gasteiger partial charge >= 0.3 is 0 Å². The molecule has 1 fully saturated rings. The van der Waals surface area contributed by atoms with Crippen molar-refractivity contribution in [2.45, 2.75) is 38.8 Å². The molecule has 1 saturated heterocycles. The second kappa shape index (κ2) is 5.54. The molecule has 108 valence electrons. The molecular weight excluding hydrogens is 332 g/mol. The van der Waals surface area contributed by atoms with Crippen LogP contribution in [0.1, 0.15) is 44.5 Å². The van der Waals surface area contributed by atoms with E-state index in [2.05, 4.69) is 21.0 Å². The highest BCUT2D eigenvalue weighted by Gasteiger charge is 2.31. The van der Waals surface area contributed by atoms with E-state index >= 15 is 0 Å². The van der Waals surface area contributed by atoms with Crippen molar-refractivity contribution in [2.75, 3.05) is 11.5 Å². The lowest BCUT2D eigenvalue weighted by molar-refractivity contribution is 0.136. The van der Waals surface area contributed by atoms with Crippen LogP contribution < -0.4 is 0 Å². The summed E-state index contributed by atoms with van der Waals surface area (Å²) in [5, 5.41) is 14.6. The molecule has 0 saturated carbocycles. The molecule has 19 heavy (non-hydrogen) atoms. The summed E-state index contributed by atoms with van der Waals surface area (Å²) in [6, 6.07) is 0.156. The van der Waals surface area contributed by atoms with Gasteiger partial charge in [0.1, 0.15) is 0 Å². The van der Waals surface area contributed by atoms with Crippen LogP contribution in [0.2, 0.25) is 0 Å². The first kappa shape index (κ1) is 15.0. The molecule has 2 rings (SSSR count). The summed E-state index contributed by atoms with van der Waals surface area (Å²) in [4.78, 5) is 0. The molecule has 0 aromatic carbocycles. The van der Waals surface area contributed by atoms with E-state index in [0.717, 1.165) is 10.2 Å². The standard InChI is InChI=1S/C12H19BrN2O3S/c1-8(2)15-12(10(13)6-14-15)11(16)5-9-3-4-19(17,18)7-9/h6,8-9,11,16H,3-5,7H2,1-2H3. The smallest absolute Gasteiger partial charge is 0.150 e. The van der Waals surface area contributed by atoms with Crippen LogP contribution >= 0.6 is 15.9 Å². The van der Waals surface area contributed by atoms with Gasteiger partial charge in [-0.2, -0.15) is 5.10 Å². The Hall–Kier alpha value is -0.400. The molecule has 1 aliphatic heterocycles. The fourth-order valence-electron chi connectivity index (χ4n) is 2.56. The molecule has 1 aromatic heterocycles. The fraction of sp³-hybridized carbons (Fsp3) is 0.750. The molecule has 7 heteroatoms. The van der Waals surface area contributed by atoms with Gasteiger partial charge in [-0.15, -0.1) is 0 Å². The van der Waals surface area contributed by atoms with Crippen LogP contribution in [0.25, 0.3) is 0 Å². The van der Waals surface area contributed by atoms with Gasteiger partial charge in [0.25, 0.3) is 0 Å². The SMILES string of the molecule is CC(C)n1ncc(Br)c1C(O)CC1CCS(=O)(=O)C1. The number of halogens is 1. The van der Waals surface area contributed by atoms with Gasteiger partial charge in [0, 0.05) is 6.04 Å². The first-order chi connectivity index (χ1) is 8.80. The van der Waals surface area contributed by atoms with E-state index < -0.39 is 15.9 Å². The van der Waals surface area contributed by atoms with E-state index in [9.17, 15) is 13.5 Å². The van der Waals surface area contributed by atoms with Gasteiger partial charge in [0.05, 0.1) is 34.0 Å². The number of hydrogen-bond acceptors (Lipinski definition) is 4. The van der Waals surface area contributed by atoms with E-state index in [0.29, 0.717) is 12.8 Å². The zero-order valence-corrected chi connectivity index (χ0v) is 13.5. The van der Waals surface area contributed by atoms with E-state index in [1.165, 1.54) is 0 Å². The van der Waals surface area contributed by atoms with Crippen molar-refractivity contribution >= 4 is 25.8 Å². The maximum atomic E-state index is 11.4. The van der Waals surface area contributed by atoms with Gasteiger partial charge in [0.15, 0.2) is 9.84 Å². The van der Waals surface area contributed by atoms with Crippen molar-refractivity contribution in [1.29, 1.82) is 0 Å². The minimum Gasteiger partial charge on any atom is -0.387 e. The lowest BCUT2D eigenvalue weighted by Crippen LogP contribution is -2.15. The van der Waals surface area contributed by atoms with Crippen LogP contribution in [-0.2, 0) is 9.84 Å². The summed E-state index contributed by atoms with van der Waals surface area (Å²) in [5.74, 6) is 0.481. The van der Waals surface area contributed by atoms with Crippen molar-refractivity contribution in [3.05, 3.63) is 16.4 Å². The van der Waals surface area contributed by atoms with Crippen molar-refractivity contribution in [2.24, 2.45) is 5.92 Å². The molecule has 1 aliphatic rings. The van der Waals surface area contributed by atoms with Crippen molar-refractivity contribution in [1.82, 2.24) is 9.78 Å². The molecule has 0 bridgehead atoms. The number of sulfone groups is 1. The highest BCUT2D eigenvalue weighted by atomic mass is 79.9. The number of nitrogens with zero attached hydrogens (tertiary/aromatic N) is 2. The highest BCUT2D eigenvalue weighted by molar-refractivity contribution is 9.10. The predicted octanol–water partition coefficient (Wildman–Crippen LogP) is 2.08. The number of aliphatic hydroxyl groups excluding tert-OH is 1. The Morgan fingerprint density at radius 1 is 1.58 bits per heavy atom. The average Bonchev–Trinajstić information content (AvgIpc) is 2.81. The monoisotopic (exact) mass is 350 g/mol. The molecular formula is C12H19BrN2O3S. The summed E-state index contributed by atoms with van der Waals surface area (Å²) < 4.78 is 25.4. The van der Waals surface area contributed by atoms with Gasteiger partial charge in [-0.05, 0) is 48.5 Å². The van der Waals surface area contributed by atoms with Crippen LogP contribution in [0, 0.1) is 5.92 Å². The van der Waals surface area contributed by atoms with Crippen LogP contribution in [-0.4, -0.2) is 34.8 Å². The second-order valence-corrected chi connectivity index (χ2v) is 8.52. The Balaban J connectivity index is 2.12. The van der Waals surface area contributed by atoms with Gasteiger partial charge in [-0.25, -0.2) is 8.42 Å². The Morgan fingerprint density at radius 3 is 2.79 bits per heavy atom. The zero-order chi connectivity index (χ0) is 14.2. The van der Waals surface area contributed by atoms with Crippen LogP contribution in [0.3, 0.4) is 0 Å². The van der Waals surface area contributed by atoms with Gasteiger partial charge in [0.2, 0.25) is 0 Å². The van der Waals surface area contributed by atoms with Crippen molar-refractivity contribution < 1.29 is 13.5 Å². The maximum absolute atomic E-state index is 11.4. The van der Waals surface area contributed by atoms with Crippen LogP contribution in [0.15, 0.2) is 10.7 Å². The Kier molecular flexibility index (Phi) is 4.37. The molecule has 2 unspecified atom stereocenters. The van der Waals surface area contributed by atoms with E-state index in [1.807, 2.05) is 13.8 Å². The Labute approximate surface area is 122 Å². The average molecular weight is 351 g/mol. The van der Waals surface area contributed by atoms with Crippen LogP contribution in [0.4, 0.5) is 0 Å². The molecule has 2 atom stereocenters. The van der Waals surface area contributed by atoms with Crippen molar-refractivity contribution in [3.63, 3.8) is 0 Å². The number of aliphatic hydroxyl groups is 1. The van der Waals surface area contributed by atoms with Gasteiger partial charge in [-0.1, -0.05) is 0 Å². The number of aromatic nitrogens is 2. The molecule has 0 aliphatic carbocycles. The maximum Gasteiger partial charge on any atom is 0.150 e. The molecule has 1 aromatic rings. The fourth-order valence-corrected chi connectivity index (χ4v) is 4.98. The van der Waals surface area contributed by atoms with E-state index in [1.54, 1.807) is 10.9 Å². The van der Waals surface area contributed by atoms with Gasteiger partial charge < -0.3 is 5.11 Å². The lowest BCUT2D eigenvalue weighted by Gasteiger charge is -2.18. The number of hydrogen-bond donors (Lipinski definition) is 1. The van der Waals surface area contributed by atoms with Gasteiger partial charge in [-0.3, -0.25) is 4.68 Å². The molecule has 0 spiro atoms. The topological polar surface area (TPSA) is 72.2 Å². The molecule has 0 amide bonds. The van der Waals surface area contributed by atoms with E-state index in [4.69, 9.17) is 0 Å².